The van der Waals surface area contributed by atoms with Crippen molar-refractivity contribution in [3.05, 3.63) is 35.8 Å². The predicted octanol–water partition coefficient (Wildman–Crippen LogP) is 1.87. The Morgan fingerprint density at radius 1 is 1.38 bits per heavy atom. The number of anilines is 1. The van der Waals surface area contributed by atoms with Gasteiger partial charge < -0.3 is 16.4 Å². The highest BCUT2D eigenvalue weighted by atomic mass is 19.3. The first kappa shape index (κ1) is 14.0. The highest BCUT2D eigenvalue weighted by Gasteiger charge is 2.45. The summed E-state index contributed by atoms with van der Waals surface area (Å²) in [5.74, 6) is -2.53. The van der Waals surface area contributed by atoms with Gasteiger partial charge in [-0.2, -0.15) is 5.10 Å². The summed E-state index contributed by atoms with van der Waals surface area (Å²) in [6.07, 6.45) is 3.33. The Balaban J connectivity index is 1.73. The van der Waals surface area contributed by atoms with Crippen LogP contribution < -0.4 is 11.2 Å². The Bertz CT molecular complexity index is 648. The molecule has 4 N–H and O–H groups in total. The van der Waals surface area contributed by atoms with Crippen molar-refractivity contribution in [1.29, 1.82) is 0 Å². The predicted molar refractivity (Wildman–Crippen MR) is 74.7 cm³/mol. The molecule has 1 saturated carbocycles. The van der Waals surface area contributed by atoms with Gasteiger partial charge in [0.2, 0.25) is 5.92 Å². The fraction of sp³-hybridized carbons (Fsp3) is 0.357. The van der Waals surface area contributed by atoms with Crippen LogP contribution in [-0.2, 0) is 6.54 Å². The largest absolute Gasteiger partial charge is 0.630 e. The van der Waals surface area contributed by atoms with E-state index in [1.165, 1.54) is 0 Å². The zero-order valence-electron chi connectivity index (χ0n) is 11.3. The molecule has 3 rings (SSSR count). The van der Waals surface area contributed by atoms with Gasteiger partial charge in [0.1, 0.15) is 0 Å². The topological polar surface area (TPSA) is 83.5 Å². The second-order valence-electron chi connectivity index (χ2n) is 5.54. The van der Waals surface area contributed by atoms with Crippen LogP contribution in [0.3, 0.4) is 0 Å². The smallest absolute Gasteiger partial charge is 0.248 e. The zero-order chi connectivity index (χ0) is 15.0. The van der Waals surface area contributed by atoms with Crippen molar-refractivity contribution in [1.82, 2.24) is 9.78 Å². The van der Waals surface area contributed by atoms with E-state index in [-0.39, 0.29) is 18.8 Å². The van der Waals surface area contributed by atoms with Gasteiger partial charge in [-0.15, -0.1) is 0 Å². The van der Waals surface area contributed by atoms with Crippen molar-refractivity contribution in [3.8, 4) is 11.1 Å². The summed E-state index contributed by atoms with van der Waals surface area (Å²) in [5.41, 5.74) is 8.91. The maximum Gasteiger partial charge on any atom is 0.248 e. The summed E-state index contributed by atoms with van der Waals surface area (Å²) in [5, 5.41) is 15.1. The number of hydrogen-bond acceptors (Lipinski definition) is 3. The van der Waals surface area contributed by atoms with Crippen LogP contribution in [0.5, 0.6) is 0 Å². The van der Waals surface area contributed by atoms with Gasteiger partial charge in [0.25, 0.3) is 0 Å². The minimum Gasteiger partial charge on any atom is -0.630 e. The van der Waals surface area contributed by atoms with Gasteiger partial charge in [-0.3, -0.25) is 4.68 Å². The maximum atomic E-state index is 12.8. The summed E-state index contributed by atoms with van der Waals surface area (Å²) in [4.78, 5) is 0. The molecule has 1 fully saturated rings. The van der Waals surface area contributed by atoms with E-state index < -0.39 is 5.92 Å². The normalized spacial score (nSPS) is 17.7. The molecule has 0 spiro atoms. The molecule has 1 aliphatic rings. The number of nitrogen functional groups attached to an aromatic ring is 1. The summed E-state index contributed by atoms with van der Waals surface area (Å²) in [6, 6.07) is 5.17. The lowest BCUT2D eigenvalue weighted by Crippen LogP contribution is -2.70. The quantitative estimate of drug-likeness (QED) is 0.667. The number of benzene rings is 1. The first-order valence-corrected chi connectivity index (χ1v) is 6.72. The second-order valence-corrected chi connectivity index (χ2v) is 5.54. The highest BCUT2D eigenvalue weighted by Crippen LogP contribution is 2.43. The SMILES string of the molecule is Nc1ccc(-c2cnn(CC3CC(F)(F)C3)c2)cc1[NH2+][O-]. The van der Waals surface area contributed by atoms with Crippen molar-refractivity contribution in [2.45, 2.75) is 25.3 Å². The number of halogens is 2. The number of hydrogen-bond donors (Lipinski definition) is 2. The molecule has 1 aliphatic carbocycles. The number of nitrogens with zero attached hydrogens (tertiary/aromatic N) is 2. The van der Waals surface area contributed by atoms with Crippen LogP contribution in [-0.4, -0.2) is 15.7 Å². The molecule has 1 heterocycles. The molecule has 0 bridgehead atoms. The lowest BCUT2D eigenvalue weighted by molar-refractivity contribution is -0.496. The van der Waals surface area contributed by atoms with Crippen LogP contribution in [0.2, 0.25) is 0 Å². The Labute approximate surface area is 120 Å². The first-order valence-electron chi connectivity index (χ1n) is 6.72. The molecule has 0 amide bonds. The molecule has 21 heavy (non-hydrogen) atoms. The van der Waals surface area contributed by atoms with Crippen molar-refractivity contribution < 1.29 is 14.3 Å². The third kappa shape index (κ3) is 2.88. The summed E-state index contributed by atoms with van der Waals surface area (Å²) >= 11 is 0. The lowest BCUT2D eigenvalue weighted by Gasteiger charge is -2.34. The molecular weight excluding hydrogens is 278 g/mol. The Kier molecular flexibility index (Phi) is 3.38. The van der Waals surface area contributed by atoms with E-state index in [9.17, 15) is 14.0 Å². The number of rotatable bonds is 4. The fourth-order valence-electron chi connectivity index (χ4n) is 2.65. The van der Waals surface area contributed by atoms with Crippen LogP contribution in [0, 0.1) is 11.1 Å². The molecule has 0 aliphatic heterocycles. The number of quaternary nitrogens is 1. The highest BCUT2D eigenvalue weighted by molar-refractivity contribution is 5.71. The van der Waals surface area contributed by atoms with Crippen molar-refractivity contribution in [3.63, 3.8) is 0 Å². The molecule has 1 aromatic carbocycles. The average Bonchev–Trinajstić information content (AvgIpc) is 2.86. The van der Waals surface area contributed by atoms with E-state index in [0.717, 1.165) is 11.1 Å². The Morgan fingerprint density at radius 2 is 2.14 bits per heavy atom. The van der Waals surface area contributed by atoms with Gasteiger partial charge in [0, 0.05) is 37.2 Å². The molecule has 0 unspecified atom stereocenters. The average molecular weight is 294 g/mol. The third-order valence-corrected chi connectivity index (χ3v) is 3.80. The molecule has 0 atom stereocenters. The third-order valence-electron chi connectivity index (χ3n) is 3.80. The van der Waals surface area contributed by atoms with E-state index in [1.54, 1.807) is 35.3 Å². The first-order chi connectivity index (χ1) is 9.97. The van der Waals surface area contributed by atoms with Crippen molar-refractivity contribution >= 4 is 11.4 Å². The zero-order valence-corrected chi connectivity index (χ0v) is 11.3. The van der Waals surface area contributed by atoms with Crippen molar-refractivity contribution in [2.75, 3.05) is 5.73 Å². The van der Waals surface area contributed by atoms with Gasteiger partial charge in [0.15, 0.2) is 5.69 Å². The van der Waals surface area contributed by atoms with E-state index in [1.807, 2.05) is 0 Å². The van der Waals surface area contributed by atoms with Gasteiger partial charge >= 0.3 is 0 Å². The summed E-state index contributed by atoms with van der Waals surface area (Å²) in [6.45, 7) is 0.491. The standard InChI is InChI=1S/C14H16F2N4O/c15-14(16)4-9(5-14)7-20-8-11(6-18-20)10-1-2-12(17)13(3-10)19-21/h1-3,6,8-9H,4-5,7,17,19H2. The Morgan fingerprint density at radius 3 is 2.81 bits per heavy atom. The van der Waals surface area contributed by atoms with E-state index in [4.69, 9.17) is 5.73 Å². The van der Waals surface area contributed by atoms with Crippen LogP contribution in [0.15, 0.2) is 30.6 Å². The molecule has 2 aromatic rings. The molecule has 112 valence electrons. The summed E-state index contributed by atoms with van der Waals surface area (Å²) in [7, 11) is 0. The molecule has 7 heteroatoms. The maximum absolute atomic E-state index is 12.8. The molecule has 0 radical (unpaired) electrons. The molecule has 5 nitrogen and oxygen atoms in total. The molecular formula is C14H16F2N4O. The Hall–Kier alpha value is -1.99. The van der Waals surface area contributed by atoms with Gasteiger partial charge in [0.05, 0.1) is 11.9 Å². The van der Waals surface area contributed by atoms with Gasteiger partial charge in [-0.1, -0.05) is 6.07 Å². The van der Waals surface area contributed by atoms with Crippen LogP contribution in [0.25, 0.3) is 11.1 Å². The van der Waals surface area contributed by atoms with E-state index in [0.29, 0.717) is 23.4 Å². The molecule has 0 saturated heterocycles. The number of nitrogens with two attached hydrogens (primary N) is 2. The minimum absolute atomic E-state index is 0.0234. The minimum atomic E-state index is -2.50. The van der Waals surface area contributed by atoms with Crippen molar-refractivity contribution in [2.24, 2.45) is 5.92 Å². The summed E-state index contributed by atoms with van der Waals surface area (Å²) < 4.78 is 27.3. The number of aromatic nitrogens is 2. The number of alkyl halides is 2. The second kappa shape index (κ2) is 5.09. The van der Waals surface area contributed by atoms with E-state index >= 15 is 0 Å². The van der Waals surface area contributed by atoms with Gasteiger partial charge in [-0.05, 0) is 17.5 Å². The van der Waals surface area contributed by atoms with Crippen LogP contribution in [0.1, 0.15) is 12.8 Å². The van der Waals surface area contributed by atoms with E-state index in [2.05, 4.69) is 5.10 Å². The fourth-order valence-corrected chi connectivity index (χ4v) is 2.65. The van der Waals surface area contributed by atoms with Crippen LogP contribution >= 0.6 is 0 Å². The monoisotopic (exact) mass is 294 g/mol. The van der Waals surface area contributed by atoms with Gasteiger partial charge in [-0.25, -0.2) is 8.78 Å². The lowest BCUT2D eigenvalue weighted by atomic mass is 9.81. The van der Waals surface area contributed by atoms with Crippen LogP contribution in [0.4, 0.5) is 20.2 Å². The molecule has 1 aromatic heterocycles.